The minimum absolute atomic E-state index is 0. The molecule has 2 aromatic carbocycles. The SMILES string of the molecule is Cn1c[n+](CCCOc2cc(N)ccc2N)cc1CCOc1cc(N)ccc1N.[Cl-]. The highest BCUT2D eigenvalue weighted by Gasteiger charge is 2.11. The van der Waals surface area contributed by atoms with Gasteiger partial charge in [-0.3, -0.25) is 0 Å². The topological polar surface area (TPSA) is 131 Å². The van der Waals surface area contributed by atoms with E-state index in [0.717, 1.165) is 25.1 Å². The molecule has 0 amide bonds. The van der Waals surface area contributed by atoms with Gasteiger partial charge in [-0.25, -0.2) is 9.13 Å². The van der Waals surface area contributed by atoms with E-state index in [0.29, 0.717) is 47.5 Å². The van der Waals surface area contributed by atoms with E-state index in [1.807, 2.05) is 7.05 Å². The molecule has 9 heteroatoms. The summed E-state index contributed by atoms with van der Waals surface area (Å²) in [5.74, 6) is 1.24. The lowest BCUT2D eigenvalue weighted by atomic mass is 10.2. The van der Waals surface area contributed by atoms with Crippen LogP contribution in [0.5, 0.6) is 11.5 Å². The highest BCUT2D eigenvalue weighted by atomic mass is 35.5. The van der Waals surface area contributed by atoms with Gasteiger partial charge in [0.05, 0.1) is 38.2 Å². The first kappa shape index (κ1) is 23.0. The van der Waals surface area contributed by atoms with Crippen molar-refractivity contribution in [3.63, 3.8) is 0 Å². The fourth-order valence-corrected chi connectivity index (χ4v) is 3.02. The number of rotatable bonds is 9. The third-order valence-corrected chi connectivity index (χ3v) is 4.60. The number of ether oxygens (including phenoxy) is 2. The number of aryl methyl sites for hydroxylation is 2. The fourth-order valence-electron chi connectivity index (χ4n) is 3.02. The Labute approximate surface area is 182 Å². The molecule has 0 atom stereocenters. The van der Waals surface area contributed by atoms with Crippen molar-refractivity contribution < 1.29 is 26.4 Å². The van der Waals surface area contributed by atoms with Gasteiger partial charge in [0.15, 0.2) is 0 Å². The minimum Gasteiger partial charge on any atom is -1.00 e. The lowest BCUT2D eigenvalue weighted by Crippen LogP contribution is -3.00. The molecule has 1 aromatic heterocycles. The van der Waals surface area contributed by atoms with Crippen molar-refractivity contribution in [1.82, 2.24) is 4.57 Å². The lowest BCUT2D eigenvalue weighted by Gasteiger charge is -2.08. The van der Waals surface area contributed by atoms with Crippen LogP contribution in [0.2, 0.25) is 0 Å². The van der Waals surface area contributed by atoms with Gasteiger partial charge in [-0.2, -0.15) is 0 Å². The molecule has 0 bridgehead atoms. The molecule has 3 rings (SSSR count). The zero-order valence-electron chi connectivity index (χ0n) is 17.1. The van der Waals surface area contributed by atoms with Crippen LogP contribution < -0.4 is 49.4 Å². The quantitative estimate of drug-likeness (QED) is 0.189. The van der Waals surface area contributed by atoms with Crippen LogP contribution in [-0.4, -0.2) is 17.8 Å². The number of halogens is 1. The van der Waals surface area contributed by atoms with Crippen LogP contribution in [0.1, 0.15) is 12.1 Å². The summed E-state index contributed by atoms with van der Waals surface area (Å²) >= 11 is 0. The molecule has 0 fully saturated rings. The average molecular weight is 433 g/mol. The molecule has 0 unspecified atom stereocenters. The number of anilines is 4. The second kappa shape index (κ2) is 10.5. The maximum Gasteiger partial charge on any atom is 0.243 e. The minimum atomic E-state index is 0. The second-order valence-electron chi connectivity index (χ2n) is 6.98. The average Bonchev–Trinajstić information content (AvgIpc) is 3.04. The van der Waals surface area contributed by atoms with E-state index < -0.39 is 0 Å². The van der Waals surface area contributed by atoms with Gasteiger partial charge in [-0.05, 0) is 24.3 Å². The maximum absolute atomic E-state index is 5.91. The predicted octanol–water partition coefficient (Wildman–Crippen LogP) is -1.26. The van der Waals surface area contributed by atoms with Gasteiger partial charge >= 0.3 is 0 Å². The van der Waals surface area contributed by atoms with E-state index in [2.05, 4.69) is 21.7 Å². The van der Waals surface area contributed by atoms with E-state index in [1.165, 1.54) is 0 Å². The summed E-state index contributed by atoms with van der Waals surface area (Å²) in [7, 11) is 2.02. The normalized spacial score (nSPS) is 10.4. The number of imidazole rings is 1. The van der Waals surface area contributed by atoms with E-state index in [-0.39, 0.29) is 12.4 Å². The summed E-state index contributed by atoms with van der Waals surface area (Å²) in [5, 5.41) is 0. The molecule has 8 nitrogen and oxygen atoms in total. The summed E-state index contributed by atoms with van der Waals surface area (Å²) in [6.45, 7) is 1.91. The molecule has 0 radical (unpaired) electrons. The highest BCUT2D eigenvalue weighted by molar-refractivity contribution is 5.60. The van der Waals surface area contributed by atoms with Gasteiger partial charge in [-0.15, -0.1) is 0 Å². The number of hydrogen-bond donors (Lipinski definition) is 4. The Balaban J connectivity index is 0.00000320. The Morgan fingerprint density at radius 1 is 0.867 bits per heavy atom. The van der Waals surface area contributed by atoms with Crippen LogP contribution >= 0.6 is 0 Å². The van der Waals surface area contributed by atoms with E-state index in [9.17, 15) is 0 Å². The summed E-state index contributed by atoms with van der Waals surface area (Å²) < 4.78 is 15.7. The molecule has 0 aliphatic carbocycles. The van der Waals surface area contributed by atoms with Gasteiger partial charge in [0.2, 0.25) is 6.33 Å². The number of nitrogen functional groups attached to an aromatic ring is 4. The Morgan fingerprint density at radius 2 is 1.43 bits per heavy atom. The Kier molecular flexibility index (Phi) is 8.06. The van der Waals surface area contributed by atoms with Crippen molar-refractivity contribution in [3.05, 3.63) is 54.6 Å². The van der Waals surface area contributed by atoms with E-state index in [4.69, 9.17) is 32.4 Å². The van der Waals surface area contributed by atoms with Gasteiger partial charge < -0.3 is 44.8 Å². The van der Waals surface area contributed by atoms with Crippen molar-refractivity contribution in [2.75, 3.05) is 36.1 Å². The third-order valence-electron chi connectivity index (χ3n) is 4.60. The van der Waals surface area contributed by atoms with Crippen LogP contribution in [0.15, 0.2) is 48.9 Å². The van der Waals surface area contributed by atoms with Crippen molar-refractivity contribution >= 4 is 22.7 Å². The monoisotopic (exact) mass is 432 g/mol. The Hall–Kier alpha value is -3.26. The number of benzene rings is 2. The molecular weight excluding hydrogens is 404 g/mol. The molecule has 0 saturated heterocycles. The molecular formula is C21H29ClN6O2. The Morgan fingerprint density at radius 3 is 2.03 bits per heavy atom. The first-order valence-corrected chi connectivity index (χ1v) is 9.52. The molecule has 1 heterocycles. The van der Waals surface area contributed by atoms with Crippen LogP contribution in [0, 0.1) is 0 Å². The molecule has 0 spiro atoms. The molecule has 0 aliphatic rings. The summed E-state index contributed by atoms with van der Waals surface area (Å²) in [6, 6.07) is 10.5. The Bertz CT molecular complexity index is 976. The molecule has 0 aliphatic heterocycles. The van der Waals surface area contributed by atoms with E-state index >= 15 is 0 Å². The smallest absolute Gasteiger partial charge is 0.243 e. The van der Waals surface area contributed by atoms with Crippen LogP contribution in [0.4, 0.5) is 22.7 Å². The van der Waals surface area contributed by atoms with Gasteiger partial charge in [0, 0.05) is 36.3 Å². The number of hydrogen-bond acceptors (Lipinski definition) is 6. The molecule has 0 saturated carbocycles. The van der Waals surface area contributed by atoms with Crippen molar-refractivity contribution in [3.8, 4) is 11.5 Å². The molecule has 162 valence electrons. The number of nitrogens with two attached hydrogens (primary N) is 4. The third kappa shape index (κ3) is 6.12. The first-order valence-electron chi connectivity index (χ1n) is 9.52. The molecule has 30 heavy (non-hydrogen) atoms. The molecule has 3 aromatic rings. The fraction of sp³-hybridized carbons (Fsp3) is 0.286. The van der Waals surface area contributed by atoms with Crippen molar-refractivity contribution in [1.29, 1.82) is 0 Å². The zero-order chi connectivity index (χ0) is 20.8. The maximum atomic E-state index is 5.91. The van der Waals surface area contributed by atoms with E-state index in [1.54, 1.807) is 36.4 Å². The van der Waals surface area contributed by atoms with Crippen LogP contribution in [0.25, 0.3) is 0 Å². The summed E-state index contributed by atoms with van der Waals surface area (Å²) in [4.78, 5) is 0. The first-order chi connectivity index (χ1) is 13.9. The van der Waals surface area contributed by atoms with Crippen LogP contribution in [0.3, 0.4) is 0 Å². The molecule has 8 N–H and O–H groups in total. The predicted molar refractivity (Wildman–Crippen MR) is 115 cm³/mol. The number of aromatic nitrogens is 2. The highest BCUT2D eigenvalue weighted by Crippen LogP contribution is 2.24. The van der Waals surface area contributed by atoms with Gasteiger partial charge in [0.1, 0.15) is 23.4 Å². The zero-order valence-corrected chi connectivity index (χ0v) is 17.8. The van der Waals surface area contributed by atoms with Gasteiger partial charge in [-0.1, -0.05) is 0 Å². The number of nitrogens with zero attached hydrogens (tertiary/aromatic N) is 2. The van der Waals surface area contributed by atoms with Crippen LogP contribution in [-0.2, 0) is 20.0 Å². The summed E-state index contributed by atoms with van der Waals surface area (Å²) in [6.07, 6.45) is 5.77. The second-order valence-corrected chi connectivity index (χ2v) is 6.98. The summed E-state index contributed by atoms with van der Waals surface area (Å²) in [5.41, 5.74) is 27.0. The largest absolute Gasteiger partial charge is 1.00 e. The lowest BCUT2D eigenvalue weighted by molar-refractivity contribution is -0.697. The van der Waals surface area contributed by atoms with Crippen molar-refractivity contribution in [2.24, 2.45) is 7.05 Å². The van der Waals surface area contributed by atoms with Gasteiger partial charge in [0.25, 0.3) is 0 Å². The standard InChI is InChI=1S/C21H29N6O2.ClH/c1-26-14-27(8-2-9-28-20-11-15(22)3-5-18(20)24)13-17(26)7-10-29-21-12-16(23)4-6-19(21)25;/h3-6,11-14H,2,7-10,22-25H2,1H3;1H/q+1;/p-1. The van der Waals surface area contributed by atoms with Crippen molar-refractivity contribution in [2.45, 2.75) is 19.4 Å².